The van der Waals surface area contributed by atoms with Gasteiger partial charge in [-0.3, -0.25) is 15.0 Å². The third-order valence-corrected chi connectivity index (χ3v) is 5.65. The molecule has 0 aliphatic carbocycles. The Hall–Kier alpha value is -2.51. The number of fused-ring (bicyclic) bond motifs is 1. The molecule has 0 atom stereocenters. The van der Waals surface area contributed by atoms with Gasteiger partial charge < -0.3 is 4.90 Å². The van der Waals surface area contributed by atoms with Crippen molar-refractivity contribution in [2.45, 2.75) is 13.5 Å². The van der Waals surface area contributed by atoms with Crippen molar-refractivity contribution in [1.82, 2.24) is 9.88 Å². The Balaban J connectivity index is 1.59. The lowest BCUT2D eigenvalue weighted by atomic mass is 10.1. The first-order valence-corrected chi connectivity index (χ1v) is 9.54. The zero-order valence-corrected chi connectivity index (χ0v) is 15.4. The Morgan fingerprint density at radius 3 is 2.69 bits per heavy atom. The summed E-state index contributed by atoms with van der Waals surface area (Å²) in [7, 11) is 0. The number of thiophene rings is 1. The van der Waals surface area contributed by atoms with Gasteiger partial charge in [0.25, 0.3) is 5.69 Å². The summed E-state index contributed by atoms with van der Waals surface area (Å²) in [6.07, 6.45) is 0. The maximum absolute atomic E-state index is 11.4. The summed E-state index contributed by atoms with van der Waals surface area (Å²) in [5.74, 6) is 0. The molecule has 1 fully saturated rings. The first-order valence-electron chi connectivity index (χ1n) is 8.66. The van der Waals surface area contributed by atoms with E-state index in [4.69, 9.17) is 0 Å². The second-order valence-corrected chi connectivity index (χ2v) is 7.59. The average molecular weight is 368 g/mol. The zero-order chi connectivity index (χ0) is 18.1. The second-order valence-electron chi connectivity index (χ2n) is 6.56. The van der Waals surface area contributed by atoms with Crippen LogP contribution >= 0.6 is 11.3 Å². The molecule has 1 aliphatic heterocycles. The minimum Gasteiger partial charge on any atom is -0.368 e. The fourth-order valence-corrected chi connectivity index (χ4v) is 4.26. The van der Waals surface area contributed by atoms with E-state index in [0.717, 1.165) is 49.5 Å². The van der Waals surface area contributed by atoms with Crippen LogP contribution in [0.5, 0.6) is 0 Å². The van der Waals surface area contributed by atoms with Gasteiger partial charge in [-0.05, 0) is 24.4 Å². The Kier molecular flexibility index (Phi) is 4.57. The van der Waals surface area contributed by atoms with Crippen molar-refractivity contribution in [3.63, 3.8) is 0 Å². The molecule has 0 unspecified atom stereocenters. The molecule has 0 saturated carbocycles. The van der Waals surface area contributed by atoms with E-state index < -0.39 is 0 Å². The highest BCUT2D eigenvalue weighted by Gasteiger charge is 2.22. The Morgan fingerprint density at radius 2 is 2.00 bits per heavy atom. The first kappa shape index (κ1) is 16.9. The Morgan fingerprint density at radius 1 is 1.19 bits per heavy atom. The summed E-state index contributed by atoms with van der Waals surface area (Å²) in [6, 6.07) is 11.5. The van der Waals surface area contributed by atoms with Crippen LogP contribution in [0.25, 0.3) is 10.9 Å². The molecule has 0 N–H and O–H groups in total. The number of nitro benzene ring substituents is 1. The molecule has 1 saturated heterocycles. The van der Waals surface area contributed by atoms with Gasteiger partial charge in [0.15, 0.2) is 5.52 Å². The Labute approximate surface area is 155 Å². The van der Waals surface area contributed by atoms with Crippen LogP contribution in [0, 0.1) is 17.0 Å². The number of rotatable bonds is 4. The summed E-state index contributed by atoms with van der Waals surface area (Å²) in [6.45, 7) is 6.67. The van der Waals surface area contributed by atoms with Crippen LogP contribution < -0.4 is 4.90 Å². The zero-order valence-electron chi connectivity index (χ0n) is 14.6. The predicted octanol–water partition coefficient (Wildman–Crippen LogP) is 3.84. The molecule has 7 heteroatoms. The number of aromatic nitrogens is 1. The topological polar surface area (TPSA) is 62.5 Å². The van der Waals surface area contributed by atoms with Crippen LogP contribution in [0.4, 0.5) is 11.4 Å². The van der Waals surface area contributed by atoms with Crippen LogP contribution in [0.2, 0.25) is 0 Å². The maximum Gasteiger partial charge on any atom is 0.295 e. The molecule has 0 bridgehead atoms. The van der Waals surface area contributed by atoms with Gasteiger partial charge in [-0.15, -0.1) is 11.3 Å². The lowest BCUT2D eigenvalue weighted by Gasteiger charge is -2.36. The van der Waals surface area contributed by atoms with Gasteiger partial charge in [-0.25, -0.2) is 4.98 Å². The van der Waals surface area contributed by atoms with Gasteiger partial charge in [0, 0.05) is 60.4 Å². The summed E-state index contributed by atoms with van der Waals surface area (Å²) in [5.41, 5.74) is 2.41. The lowest BCUT2D eigenvalue weighted by Crippen LogP contribution is -2.46. The predicted molar refractivity (Wildman–Crippen MR) is 105 cm³/mol. The molecular weight excluding hydrogens is 348 g/mol. The van der Waals surface area contributed by atoms with E-state index in [0.29, 0.717) is 5.52 Å². The number of nitro groups is 1. The van der Waals surface area contributed by atoms with E-state index in [-0.39, 0.29) is 10.6 Å². The largest absolute Gasteiger partial charge is 0.368 e. The van der Waals surface area contributed by atoms with Crippen LogP contribution in [0.3, 0.4) is 0 Å². The summed E-state index contributed by atoms with van der Waals surface area (Å²) in [4.78, 5) is 21.6. The lowest BCUT2D eigenvalue weighted by molar-refractivity contribution is -0.383. The third kappa shape index (κ3) is 3.27. The monoisotopic (exact) mass is 368 g/mol. The molecule has 0 amide bonds. The molecular formula is C19H20N4O2S. The van der Waals surface area contributed by atoms with Crippen LogP contribution in [-0.2, 0) is 6.54 Å². The molecule has 0 radical (unpaired) electrons. The van der Waals surface area contributed by atoms with E-state index in [1.165, 1.54) is 10.9 Å². The molecule has 0 spiro atoms. The number of aryl methyl sites for hydroxylation is 1. The van der Waals surface area contributed by atoms with Crippen molar-refractivity contribution < 1.29 is 4.92 Å². The van der Waals surface area contributed by atoms with Crippen molar-refractivity contribution in [3.05, 3.63) is 62.5 Å². The van der Waals surface area contributed by atoms with Crippen LogP contribution in [0.1, 0.15) is 10.6 Å². The normalized spacial score (nSPS) is 15.5. The molecule has 1 aromatic carbocycles. The smallest absolute Gasteiger partial charge is 0.295 e. The number of pyridine rings is 1. The van der Waals surface area contributed by atoms with Gasteiger partial charge in [0.2, 0.25) is 0 Å². The molecule has 26 heavy (non-hydrogen) atoms. The second kappa shape index (κ2) is 7.01. The van der Waals surface area contributed by atoms with Crippen LogP contribution in [0.15, 0.2) is 41.8 Å². The van der Waals surface area contributed by atoms with Crippen molar-refractivity contribution in [2.24, 2.45) is 0 Å². The van der Waals surface area contributed by atoms with Crippen LogP contribution in [-0.4, -0.2) is 41.0 Å². The van der Waals surface area contributed by atoms with Gasteiger partial charge in [0.1, 0.15) is 0 Å². The van der Waals surface area contributed by atoms with E-state index in [9.17, 15) is 10.1 Å². The number of benzene rings is 1. The molecule has 4 rings (SSSR count). The number of hydrogen-bond donors (Lipinski definition) is 0. The molecule has 3 aromatic rings. The summed E-state index contributed by atoms with van der Waals surface area (Å²) < 4.78 is 0. The van der Waals surface area contributed by atoms with E-state index >= 15 is 0 Å². The molecule has 3 heterocycles. The highest BCUT2D eigenvalue weighted by Crippen LogP contribution is 2.32. The third-order valence-electron chi connectivity index (χ3n) is 4.79. The van der Waals surface area contributed by atoms with Gasteiger partial charge in [0.05, 0.1) is 4.92 Å². The van der Waals surface area contributed by atoms with Crippen molar-refractivity contribution in [1.29, 1.82) is 0 Å². The minimum atomic E-state index is -0.350. The first-order chi connectivity index (χ1) is 12.6. The number of para-hydroxylation sites is 1. The van der Waals surface area contributed by atoms with Gasteiger partial charge >= 0.3 is 0 Å². The standard InChI is InChI=1S/C19H20N4O2S/c1-14-12-18(16-5-2-6-17(23(24)25)19(16)20-14)22-9-7-21(8-10-22)13-15-4-3-11-26-15/h2-6,11-12H,7-10,13H2,1H3. The summed E-state index contributed by atoms with van der Waals surface area (Å²) in [5, 5.41) is 14.3. The number of anilines is 1. The minimum absolute atomic E-state index is 0.0729. The quantitative estimate of drug-likeness (QED) is 0.517. The number of nitrogens with zero attached hydrogens (tertiary/aromatic N) is 4. The SMILES string of the molecule is Cc1cc(N2CCN(Cc3cccs3)CC2)c2cccc([N+](=O)[O-])c2n1. The van der Waals surface area contributed by atoms with Crippen molar-refractivity contribution in [2.75, 3.05) is 31.1 Å². The Bertz CT molecular complexity index is 934. The van der Waals surface area contributed by atoms with E-state index in [1.807, 2.05) is 19.1 Å². The van der Waals surface area contributed by atoms with E-state index in [1.54, 1.807) is 17.4 Å². The number of hydrogen-bond acceptors (Lipinski definition) is 6. The van der Waals surface area contributed by atoms with Crippen molar-refractivity contribution in [3.8, 4) is 0 Å². The molecule has 1 aliphatic rings. The highest BCUT2D eigenvalue weighted by molar-refractivity contribution is 7.09. The number of piperazine rings is 1. The molecule has 2 aromatic heterocycles. The maximum atomic E-state index is 11.4. The van der Waals surface area contributed by atoms with Crippen molar-refractivity contribution >= 4 is 33.6 Å². The fraction of sp³-hybridized carbons (Fsp3) is 0.316. The van der Waals surface area contributed by atoms with E-state index in [2.05, 4.69) is 32.3 Å². The fourth-order valence-electron chi connectivity index (χ4n) is 3.52. The number of non-ortho nitro benzene ring substituents is 1. The average Bonchev–Trinajstić information content (AvgIpc) is 3.14. The molecule has 6 nitrogen and oxygen atoms in total. The summed E-state index contributed by atoms with van der Waals surface area (Å²) >= 11 is 1.79. The van der Waals surface area contributed by atoms with Gasteiger partial charge in [-0.1, -0.05) is 18.2 Å². The molecule has 134 valence electrons. The van der Waals surface area contributed by atoms with Gasteiger partial charge in [-0.2, -0.15) is 0 Å². The highest BCUT2D eigenvalue weighted by atomic mass is 32.1.